The molecule has 0 atom stereocenters. The summed E-state index contributed by atoms with van der Waals surface area (Å²) in [5.41, 5.74) is 1.24. The van der Waals surface area contributed by atoms with E-state index in [1.165, 1.54) is 12.1 Å². The van der Waals surface area contributed by atoms with Gasteiger partial charge in [0, 0.05) is 56.4 Å². The highest BCUT2D eigenvalue weighted by Crippen LogP contribution is 2.29. The highest BCUT2D eigenvalue weighted by atomic mass is 19.4. The molecule has 0 saturated carbocycles. The maximum atomic E-state index is 12.9. The van der Waals surface area contributed by atoms with E-state index in [1.807, 2.05) is 6.07 Å². The molecule has 3 aromatic rings. The van der Waals surface area contributed by atoms with Crippen molar-refractivity contribution in [2.45, 2.75) is 12.7 Å². The van der Waals surface area contributed by atoms with Crippen molar-refractivity contribution < 1.29 is 18.0 Å². The predicted molar refractivity (Wildman–Crippen MR) is 114 cm³/mol. The lowest BCUT2D eigenvalue weighted by atomic mass is 10.1. The number of halogens is 3. The Morgan fingerprint density at radius 1 is 0.938 bits per heavy atom. The number of hydrogen-bond acceptors (Lipinski definition) is 5. The van der Waals surface area contributed by atoms with Crippen LogP contribution in [0.1, 0.15) is 21.5 Å². The third-order valence-electron chi connectivity index (χ3n) is 5.25. The van der Waals surface area contributed by atoms with E-state index in [0.29, 0.717) is 55.5 Å². The Bertz CT molecular complexity index is 1070. The van der Waals surface area contributed by atoms with Gasteiger partial charge in [0.2, 0.25) is 5.95 Å². The average molecular weight is 441 g/mol. The van der Waals surface area contributed by atoms with E-state index in [0.717, 1.165) is 6.07 Å². The van der Waals surface area contributed by atoms with Gasteiger partial charge in [-0.3, -0.25) is 9.69 Å². The molecule has 1 aliphatic heterocycles. The number of carbonyl (C=O) groups excluding carboxylic acids is 1. The maximum absolute atomic E-state index is 12.9. The van der Waals surface area contributed by atoms with E-state index in [9.17, 15) is 18.0 Å². The molecule has 0 spiro atoms. The maximum Gasteiger partial charge on any atom is 0.416 e. The molecule has 1 fully saturated rings. The molecule has 0 radical (unpaired) electrons. The Hall–Kier alpha value is -3.46. The van der Waals surface area contributed by atoms with Gasteiger partial charge in [-0.1, -0.05) is 24.3 Å². The molecule has 1 N–H and O–H groups in total. The second-order valence-electron chi connectivity index (χ2n) is 7.54. The minimum Gasteiger partial charge on any atom is -0.336 e. The summed E-state index contributed by atoms with van der Waals surface area (Å²) in [6, 6.07) is 14.3. The van der Waals surface area contributed by atoms with Crippen molar-refractivity contribution >= 4 is 17.5 Å². The lowest BCUT2D eigenvalue weighted by Crippen LogP contribution is -2.48. The van der Waals surface area contributed by atoms with E-state index in [1.54, 1.807) is 47.6 Å². The lowest BCUT2D eigenvalue weighted by Gasteiger charge is -2.35. The van der Waals surface area contributed by atoms with Gasteiger partial charge in [-0.25, -0.2) is 9.97 Å². The van der Waals surface area contributed by atoms with Crippen LogP contribution in [0.3, 0.4) is 0 Å². The quantitative estimate of drug-likeness (QED) is 0.643. The number of amides is 1. The van der Waals surface area contributed by atoms with Gasteiger partial charge in [-0.15, -0.1) is 0 Å². The zero-order valence-corrected chi connectivity index (χ0v) is 17.2. The zero-order valence-electron chi connectivity index (χ0n) is 17.2. The van der Waals surface area contributed by atoms with E-state index in [4.69, 9.17) is 0 Å². The zero-order chi connectivity index (χ0) is 22.6. The summed E-state index contributed by atoms with van der Waals surface area (Å²) in [6.07, 6.45) is -1.09. The van der Waals surface area contributed by atoms with Crippen LogP contribution in [0.5, 0.6) is 0 Å². The number of benzene rings is 2. The summed E-state index contributed by atoms with van der Waals surface area (Å²) in [5.74, 6) is 0.363. The van der Waals surface area contributed by atoms with Gasteiger partial charge in [0.1, 0.15) is 0 Å². The SMILES string of the molecule is O=C(c1cccc(Nc2ncccn2)c1)N1CCN(Cc2cccc(C(F)(F)F)c2)CC1. The first-order valence-corrected chi connectivity index (χ1v) is 10.2. The first-order valence-electron chi connectivity index (χ1n) is 10.2. The van der Waals surface area contributed by atoms with Crippen LogP contribution in [-0.4, -0.2) is 51.9 Å². The topological polar surface area (TPSA) is 61.4 Å². The molecule has 1 aromatic heterocycles. The number of aromatic nitrogens is 2. The van der Waals surface area contributed by atoms with Gasteiger partial charge in [0.15, 0.2) is 0 Å². The lowest BCUT2D eigenvalue weighted by molar-refractivity contribution is -0.137. The third-order valence-corrected chi connectivity index (χ3v) is 5.25. The standard InChI is InChI=1S/C23H22F3N5O/c24-23(25,26)19-6-1-4-17(14-19)16-30-10-12-31(13-11-30)21(32)18-5-2-7-20(15-18)29-22-27-8-3-9-28-22/h1-9,14-15H,10-13,16H2,(H,27,28,29). The van der Waals surface area contributed by atoms with E-state index in [2.05, 4.69) is 20.2 Å². The minimum absolute atomic E-state index is 0.0821. The monoisotopic (exact) mass is 441 g/mol. The fraction of sp³-hybridized carbons (Fsp3) is 0.261. The van der Waals surface area contributed by atoms with Gasteiger partial charge in [0.25, 0.3) is 5.91 Å². The van der Waals surface area contributed by atoms with Crippen molar-refractivity contribution in [3.05, 3.63) is 83.7 Å². The Labute approximate surface area is 183 Å². The molecule has 6 nitrogen and oxygen atoms in total. The van der Waals surface area contributed by atoms with Crippen molar-refractivity contribution in [1.82, 2.24) is 19.8 Å². The van der Waals surface area contributed by atoms with Crippen LogP contribution in [0.2, 0.25) is 0 Å². The van der Waals surface area contributed by atoms with E-state index in [-0.39, 0.29) is 5.91 Å². The van der Waals surface area contributed by atoms with Crippen LogP contribution in [-0.2, 0) is 12.7 Å². The normalized spacial score (nSPS) is 14.9. The Balaban J connectivity index is 1.34. The number of anilines is 2. The summed E-state index contributed by atoms with van der Waals surface area (Å²) in [4.78, 5) is 25.0. The number of carbonyl (C=O) groups is 1. The largest absolute Gasteiger partial charge is 0.416 e. The minimum atomic E-state index is -4.35. The van der Waals surface area contributed by atoms with Crippen molar-refractivity contribution in [2.75, 3.05) is 31.5 Å². The molecule has 0 bridgehead atoms. The van der Waals surface area contributed by atoms with Crippen molar-refractivity contribution in [1.29, 1.82) is 0 Å². The molecule has 2 aromatic carbocycles. The molecular weight excluding hydrogens is 419 g/mol. The van der Waals surface area contributed by atoms with Gasteiger partial charge in [-0.05, 0) is 35.9 Å². The van der Waals surface area contributed by atoms with Crippen molar-refractivity contribution in [2.24, 2.45) is 0 Å². The van der Waals surface area contributed by atoms with Crippen LogP contribution in [0.15, 0.2) is 67.0 Å². The van der Waals surface area contributed by atoms with E-state index < -0.39 is 11.7 Å². The van der Waals surface area contributed by atoms with Gasteiger partial charge >= 0.3 is 6.18 Å². The molecular formula is C23H22F3N5O. The van der Waals surface area contributed by atoms with Crippen LogP contribution >= 0.6 is 0 Å². The second-order valence-corrected chi connectivity index (χ2v) is 7.54. The van der Waals surface area contributed by atoms with Crippen LogP contribution in [0.4, 0.5) is 24.8 Å². The number of rotatable bonds is 5. The molecule has 1 aliphatic rings. The number of alkyl halides is 3. The molecule has 9 heteroatoms. The third kappa shape index (κ3) is 5.42. The van der Waals surface area contributed by atoms with Crippen LogP contribution < -0.4 is 5.32 Å². The molecule has 2 heterocycles. The Kier molecular flexibility index (Phi) is 6.36. The Morgan fingerprint density at radius 3 is 2.38 bits per heavy atom. The highest BCUT2D eigenvalue weighted by Gasteiger charge is 2.30. The number of hydrogen-bond donors (Lipinski definition) is 1. The first kappa shape index (κ1) is 21.8. The van der Waals surface area contributed by atoms with Crippen molar-refractivity contribution in [3.63, 3.8) is 0 Å². The Morgan fingerprint density at radius 2 is 1.66 bits per heavy atom. The number of piperazine rings is 1. The van der Waals surface area contributed by atoms with Crippen molar-refractivity contribution in [3.8, 4) is 0 Å². The predicted octanol–water partition coefficient (Wildman–Crippen LogP) is 4.20. The molecule has 32 heavy (non-hydrogen) atoms. The molecule has 1 saturated heterocycles. The summed E-state index contributed by atoms with van der Waals surface area (Å²) >= 11 is 0. The number of nitrogens with one attached hydrogen (secondary N) is 1. The fourth-order valence-corrected chi connectivity index (χ4v) is 3.62. The average Bonchev–Trinajstić information content (AvgIpc) is 2.80. The molecule has 0 unspecified atom stereocenters. The summed E-state index contributed by atoms with van der Waals surface area (Å²) in [7, 11) is 0. The van der Waals surface area contributed by atoms with Gasteiger partial charge in [0.05, 0.1) is 5.56 Å². The van der Waals surface area contributed by atoms with Gasteiger partial charge < -0.3 is 10.2 Å². The van der Waals surface area contributed by atoms with Crippen LogP contribution in [0.25, 0.3) is 0 Å². The summed E-state index contributed by atoms with van der Waals surface area (Å²) < 4.78 is 38.8. The first-order chi connectivity index (χ1) is 15.4. The molecule has 166 valence electrons. The molecule has 0 aliphatic carbocycles. The summed E-state index contributed by atoms with van der Waals surface area (Å²) in [6.45, 7) is 2.63. The second kappa shape index (κ2) is 9.35. The summed E-state index contributed by atoms with van der Waals surface area (Å²) in [5, 5.41) is 3.07. The molecule has 4 rings (SSSR count). The smallest absolute Gasteiger partial charge is 0.336 e. The number of nitrogens with zero attached hydrogens (tertiary/aromatic N) is 4. The van der Waals surface area contributed by atoms with Crippen LogP contribution in [0, 0.1) is 0 Å². The molecule has 1 amide bonds. The fourth-order valence-electron chi connectivity index (χ4n) is 3.62. The van der Waals surface area contributed by atoms with Gasteiger partial charge in [-0.2, -0.15) is 13.2 Å². The highest BCUT2D eigenvalue weighted by molar-refractivity contribution is 5.95. The van der Waals surface area contributed by atoms with E-state index >= 15 is 0 Å².